The third kappa shape index (κ3) is 4.69. The molecule has 0 radical (unpaired) electrons. The first kappa shape index (κ1) is 20.3. The molecule has 0 aliphatic carbocycles. The zero-order valence-corrected chi connectivity index (χ0v) is 16.0. The van der Waals surface area contributed by atoms with Crippen molar-refractivity contribution >= 4 is 57.7 Å². The lowest BCUT2D eigenvalue weighted by molar-refractivity contribution is -0.387. The second kappa shape index (κ2) is 7.89. The van der Waals surface area contributed by atoms with Gasteiger partial charge in [0.05, 0.1) is 20.3 Å². The van der Waals surface area contributed by atoms with E-state index in [1.165, 1.54) is 18.2 Å². The number of nitrogens with one attached hydrogen (secondary N) is 1. The Bertz CT molecular complexity index is 1010. The van der Waals surface area contributed by atoms with E-state index < -0.39 is 16.7 Å². The molecule has 1 aliphatic rings. The largest absolute Gasteiger partial charge is 0.417 e. The number of nitro benzene ring substituents is 1. The molecule has 12 heteroatoms. The summed E-state index contributed by atoms with van der Waals surface area (Å²) in [5.74, 6) is -0.384. The fraction of sp³-hybridized carbons (Fsp3) is 0.0625. The SMILES string of the molecule is O=C1NC(=S)SC1=Cc1ccc(Sc2ccc(C(F)(F)F)cn2)c([N+](=O)[O-])c1. The lowest BCUT2D eigenvalue weighted by Gasteiger charge is -2.07. The van der Waals surface area contributed by atoms with Crippen LogP contribution in [-0.2, 0) is 11.0 Å². The van der Waals surface area contributed by atoms with E-state index in [0.29, 0.717) is 21.0 Å². The van der Waals surface area contributed by atoms with Gasteiger partial charge in [-0.25, -0.2) is 4.98 Å². The number of carbonyl (C=O) groups excluding carboxylic acids is 1. The van der Waals surface area contributed by atoms with Gasteiger partial charge in [-0.2, -0.15) is 13.2 Å². The molecule has 0 bridgehead atoms. The van der Waals surface area contributed by atoms with Gasteiger partial charge in [0.25, 0.3) is 11.6 Å². The predicted molar refractivity (Wildman–Crippen MR) is 103 cm³/mol. The van der Waals surface area contributed by atoms with E-state index in [4.69, 9.17) is 12.2 Å². The number of aromatic nitrogens is 1. The minimum Gasteiger partial charge on any atom is -0.307 e. The summed E-state index contributed by atoms with van der Waals surface area (Å²) in [7, 11) is 0. The summed E-state index contributed by atoms with van der Waals surface area (Å²) in [5.41, 5.74) is -0.746. The van der Waals surface area contributed by atoms with Crippen molar-refractivity contribution in [2.24, 2.45) is 0 Å². The normalized spacial score (nSPS) is 15.8. The highest BCUT2D eigenvalue weighted by molar-refractivity contribution is 8.26. The van der Waals surface area contributed by atoms with E-state index in [1.807, 2.05) is 0 Å². The maximum Gasteiger partial charge on any atom is 0.417 e. The molecule has 1 amide bonds. The number of hydrogen-bond acceptors (Lipinski definition) is 7. The number of amides is 1. The van der Waals surface area contributed by atoms with Crippen LogP contribution in [-0.4, -0.2) is 20.1 Å². The number of nitro groups is 1. The summed E-state index contributed by atoms with van der Waals surface area (Å²) in [4.78, 5) is 26.7. The number of thiocarbonyl (C=S) groups is 1. The lowest BCUT2D eigenvalue weighted by atomic mass is 10.2. The molecule has 1 aliphatic heterocycles. The summed E-state index contributed by atoms with van der Waals surface area (Å²) in [6.45, 7) is 0. The third-order valence-corrected chi connectivity index (χ3v) is 5.58. The minimum atomic E-state index is -4.51. The number of thioether (sulfide) groups is 1. The van der Waals surface area contributed by atoms with Crippen LogP contribution in [0.4, 0.5) is 18.9 Å². The molecule has 1 N–H and O–H groups in total. The molecule has 0 spiro atoms. The van der Waals surface area contributed by atoms with Crippen molar-refractivity contribution in [3.8, 4) is 0 Å². The molecular weight excluding hydrogens is 435 g/mol. The molecule has 0 saturated carbocycles. The Morgan fingerprint density at radius 2 is 2.04 bits per heavy atom. The molecular formula is C16H8F3N3O3S3. The van der Waals surface area contributed by atoms with E-state index in [0.717, 1.165) is 35.7 Å². The predicted octanol–water partition coefficient (Wildman–Crippen LogP) is 4.65. The summed E-state index contributed by atoms with van der Waals surface area (Å²) in [6.07, 6.45) is -2.37. The smallest absolute Gasteiger partial charge is 0.307 e. The van der Waals surface area contributed by atoms with Gasteiger partial charge in [0, 0.05) is 12.3 Å². The minimum absolute atomic E-state index is 0.179. The van der Waals surface area contributed by atoms with Crippen molar-refractivity contribution < 1.29 is 22.9 Å². The maximum absolute atomic E-state index is 12.6. The van der Waals surface area contributed by atoms with Gasteiger partial charge in [-0.05, 0) is 29.8 Å². The van der Waals surface area contributed by atoms with Crippen LogP contribution in [0.15, 0.2) is 51.4 Å². The molecule has 1 aromatic carbocycles. The first-order chi connectivity index (χ1) is 13.1. The Hall–Kier alpha value is -2.44. The molecule has 1 saturated heterocycles. The Kier molecular flexibility index (Phi) is 5.72. The van der Waals surface area contributed by atoms with Crippen LogP contribution in [0.3, 0.4) is 0 Å². The summed E-state index contributed by atoms with van der Waals surface area (Å²) < 4.78 is 38.1. The van der Waals surface area contributed by atoms with Crippen LogP contribution in [0.1, 0.15) is 11.1 Å². The van der Waals surface area contributed by atoms with Crippen molar-refractivity contribution in [2.75, 3.05) is 0 Å². The van der Waals surface area contributed by atoms with E-state index in [-0.39, 0.29) is 21.5 Å². The van der Waals surface area contributed by atoms with Gasteiger partial charge in [0.2, 0.25) is 0 Å². The average molecular weight is 443 g/mol. The Labute approximate surface area is 169 Å². The zero-order valence-electron chi connectivity index (χ0n) is 13.5. The van der Waals surface area contributed by atoms with Crippen molar-refractivity contribution in [1.29, 1.82) is 0 Å². The number of carbonyl (C=O) groups is 1. The molecule has 2 heterocycles. The highest BCUT2D eigenvalue weighted by Gasteiger charge is 2.30. The molecule has 0 atom stereocenters. The van der Waals surface area contributed by atoms with Gasteiger partial charge in [0.15, 0.2) is 0 Å². The van der Waals surface area contributed by atoms with Gasteiger partial charge in [0.1, 0.15) is 9.35 Å². The quantitative estimate of drug-likeness (QED) is 0.319. The number of rotatable bonds is 4. The van der Waals surface area contributed by atoms with Gasteiger partial charge >= 0.3 is 6.18 Å². The summed E-state index contributed by atoms with van der Waals surface area (Å²) in [5, 5.41) is 14.0. The van der Waals surface area contributed by atoms with Crippen LogP contribution < -0.4 is 5.32 Å². The maximum atomic E-state index is 12.6. The van der Waals surface area contributed by atoms with E-state index in [1.54, 1.807) is 6.07 Å². The molecule has 0 unspecified atom stereocenters. The van der Waals surface area contributed by atoms with Gasteiger partial charge in [-0.15, -0.1) is 0 Å². The van der Waals surface area contributed by atoms with Gasteiger partial charge in [-0.3, -0.25) is 14.9 Å². The standard InChI is InChI=1S/C16H8F3N3O3S3/c17-16(18,19)9-2-4-13(20-7-9)27-11-3-1-8(5-10(11)22(24)25)6-12-14(23)21-15(26)28-12/h1-7H,(H,21,23,26). The second-order valence-corrected chi connectivity index (χ2v) is 8.10. The van der Waals surface area contributed by atoms with Crippen LogP contribution in [0.2, 0.25) is 0 Å². The summed E-state index contributed by atoms with van der Waals surface area (Å²) in [6, 6.07) is 6.28. The van der Waals surface area contributed by atoms with Gasteiger partial charge in [-0.1, -0.05) is 41.8 Å². The number of benzene rings is 1. The molecule has 144 valence electrons. The Balaban J connectivity index is 1.88. The fourth-order valence-electron chi connectivity index (χ4n) is 2.15. The first-order valence-electron chi connectivity index (χ1n) is 7.38. The zero-order chi connectivity index (χ0) is 20.5. The Morgan fingerprint density at radius 3 is 2.57 bits per heavy atom. The Morgan fingerprint density at radius 1 is 1.29 bits per heavy atom. The number of hydrogen-bond donors (Lipinski definition) is 1. The van der Waals surface area contributed by atoms with Crippen LogP contribution in [0.5, 0.6) is 0 Å². The van der Waals surface area contributed by atoms with Crippen LogP contribution >= 0.6 is 35.7 Å². The number of halogens is 3. The highest BCUT2D eigenvalue weighted by Crippen LogP contribution is 2.37. The van der Waals surface area contributed by atoms with E-state index >= 15 is 0 Å². The van der Waals surface area contributed by atoms with Crippen LogP contribution in [0.25, 0.3) is 6.08 Å². The number of nitrogens with zero attached hydrogens (tertiary/aromatic N) is 2. The molecule has 28 heavy (non-hydrogen) atoms. The van der Waals surface area contributed by atoms with Crippen LogP contribution in [0, 0.1) is 10.1 Å². The van der Waals surface area contributed by atoms with E-state index in [9.17, 15) is 28.1 Å². The second-order valence-electron chi connectivity index (χ2n) is 5.32. The summed E-state index contributed by atoms with van der Waals surface area (Å²) >= 11 is 6.80. The molecule has 1 fully saturated rings. The van der Waals surface area contributed by atoms with E-state index in [2.05, 4.69) is 10.3 Å². The highest BCUT2D eigenvalue weighted by atomic mass is 32.2. The molecule has 2 aromatic rings. The first-order valence-corrected chi connectivity index (χ1v) is 9.42. The lowest BCUT2D eigenvalue weighted by Crippen LogP contribution is -2.17. The fourth-order valence-corrected chi connectivity index (χ4v) is 4.03. The third-order valence-electron chi connectivity index (χ3n) is 3.40. The molecule has 3 rings (SSSR count). The number of pyridine rings is 1. The number of alkyl halides is 3. The van der Waals surface area contributed by atoms with Crippen molar-refractivity contribution in [3.63, 3.8) is 0 Å². The molecule has 1 aromatic heterocycles. The molecule has 6 nitrogen and oxygen atoms in total. The van der Waals surface area contributed by atoms with Crippen molar-refractivity contribution in [3.05, 3.63) is 62.7 Å². The average Bonchev–Trinajstić information content (AvgIpc) is 2.93. The van der Waals surface area contributed by atoms with Gasteiger partial charge < -0.3 is 5.32 Å². The topological polar surface area (TPSA) is 85.1 Å². The van der Waals surface area contributed by atoms with Crippen molar-refractivity contribution in [2.45, 2.75) is 16.1 Å². The van der Waals surface area contributed by atoms with Crippen molar-refractivity contribution in [1.82, 2.24) is 10.3 Å². The monoisotopic (exact) mass is 443 g/mol.